The van der Waals surface area contributed by atoms with Crippen molar-refractivity contribution in [2.75, 3.05) is 0 Å². The molecule has 0 aromatic heterocycles. The number of amides is 1. The van der Waals surface area contributed by atoms with Crippen LogP contribution in [0.25, 0.3) is 5.57 Å². The number of nitrogens with zero attached hydrogens (tertiary/aromatic N) is 1. The van der Waals surface area contributed by atoms with Crippen LogP contribution in [0.1, 0.15) is 44.4 Å². The first-order valence-electron chi connectivity index (χ1n) is 6.52. The highest BCUT2D eigenvalue weighted by Crippen LogP contribution is 2.27. The molecule has 2 rings (SSSR count). The third-order valence-electron chi connectivity index (χ3n) is 3.07. The molecule has 1 aliphatic rings. The van der Waals surface area contributed by atoms with E-state index in [1.165, 1.54) is 11.1 Å². The molecule has 3 heteroatoms. The highest BCUT2D eigenvalue weighted by molar-refractivity contribution is 5.70. The Hall–Kier alpha value is -1.77. The van der Waals surface area contributed by atoms with Crippen LogP contribution in [0.15, 0.2) is 24.8 Å². The third kappa shape index (κ3) is 3.16. The van der Waals surface area contributed by atoms with Crippen molar-refractivity contribution in [3.05, 3.63) is 41.5 Å². The zero-order valence-corrected chi connectivity index (χ0v) is 12.1. The lowest BCUT2D eigenvalue weighted by Crippen LogP contribution is -2.33. The Morgan fingerprint density at radius 2 is 1.89 bits per heavy atom. The van der Waals surface area contributed by atoms with Gasteiger partial charge in [-0.25, -0.2) is 4.79 Å². The first kappa shape index (κ1) is 13.7. The Labute approximate surface area is 114 Å². The Morgan fingerprint density at radius 3 is 2.47 bits per heavy atom. The van der Waals surface area contributed by atoms with Crippen LogP contribution in [-0.4, -0.2) is 16.6 Å². The van der Waals surface area contributed by atoms with Gasteiger partial charge in [-0.05, 0) is 50.5 Å². The highest BCUT2D eigenvalue weighted by Gasteiger charge is 2.27. The van der Waals surface area contributed by atoms with E-state index in [4.69, 9.17) is 4.74 Å². The Balaban J connectivity index is 2.12. The van der Waals surface area contributed by atoms with E-state index in [9.17, 15) is 4.79 Å². The van der Waals surface area contributed by atoms with E-state index in [2.05, 4.69) is 24.8 Å². The summed E-state index contributed by atoms with van der Waals surface area (Å²) in [5, 5.41) is 0. The van der Waals surface area contributed by atoms with Crippen LogP contribution in [0, 0.1) is 0 Å². The maximum atomic E-state index is 12.0. The number of rotatable bonds is 1. The predicted octanol–water partition coefficient (Wildman–Crippen LogP) is 3.97. The van der Waals surface area contributed by atoms with E-state index >= 15 is 0 Å². The van der Waals surface area contributed by atoms with Crippen molar-refractivity contribution in [2.24, 2.45) is 0 Å². The minimum Gasteiger partial charge on any atom is -0.444 e. The summed E-state index contributed by atoms with van der Waals surface area (Å²) in [5.41, 5.74) is 4.10. The Kier molecular flexibility index (Phi) is 3.40. The molecule has 19 heavy (non-hydrogen) atoms. The summed E-state index contributed by atoms with van der Waals surface area (Å²) in [6.45, 7) is 12.8. The first-order chi connectivity index (χ1) is 8.76. The lowest BCUT2D eigenvalue weighted by Gasteiger charge is -2.24. The molecule has 0 bridgehead atoms. The fourth-order valence-electron chi connectivity index (χ4n) is 2.12. The smallest absolute Gasteiger partial charge is 0.410 e. The molecule has 102 valence electrons. The molecule has 0 spiro atoms. The van der Waals surface area contributed by atoms with Crippen molar-refractivity contribution in [2.45, 2.75) is 46.4 Å². The van der Waals surface area contributed by atoms with Gasteiger partial charge in [-0.3, -0.25) is 4.90 Å². The molecule has 1 aliphatic heterocycles. The predicted molar refractivity (Wildman–Crippen MR) is 76.6 cm³/mol. The zero-order chi connectivity index (χ0) is 14.2. The quantitative estimate of drug-likeness (QED) is 0.763. The van der Waals surface area contributed by atoms with Crippen molar-refractivity contribution in [1.82, 2.24) is 4.90 Å². The lowest BCUT2D eigenvalue weighted by atomic mass is 10.0. The number of fused-ring (bicyclic) bond motifs is 1. The topological polar surface area (TPSA) is 29.5 Å². The molecule has 1 aromatic rings. The van der Waals surface area contributed by atoms with Gasteiger partial charge in [0.25, 0.3) is 0 Å². The molecule has 0 fully saturated rings. The molecule has 1 heterocycles. The van der Waals surface area contributed by atoms with Crippen molar-refractivity contribution in [1.29, 1.82) is 0 Å². The maximum Gasteiger partial charge on any atom is 0.410 e. The fraction of sp³-hybridized carbons (Fsp3) is 0.438. The fourth-order valence-corrected chi connectivity index (χ4v) is 2.12. The summed E-state index contributed by atoms with van der Waals surface area (Å²) in [6, 6.07) is 6.24. The molecule has 0 atom stereocenters. The minimum atomic E-state index is -0.450. The molecule has 0 aliphatic carbocycles. The number of hydrogen-bond donors (Lipinski definition) is 0. The van der Waals surface area contributed by atoms with Crippen molar-refractivity contribution < 1.29 is 9.53 Å². The molecule has 3 nitrogen and oxygen atoms in total. The van der Waals surface area contributed by atoms with E-state index in [1.807, 2.05) is 27.7 Å². The largest absolute Gasteiger partial charge is 0.444 e. The second kappa shape index (κ2) is 4.72. The van der Waals surface area contributed by atoms with E-state index in [-0.39, 0.29) is 6.09 Å². The molecule has 1 amide bonds. The van der Waals surface area contributed by atoms with Crippen LogP contribution in [-0.2, 0) is 17.8 Å². The molecular formula is C16H21NO2. The summed E-state index contributed by atoms with van der Waals surface area (Å²) >= 11 is 0. The number of allylic oxidation sites excluding steroid dienone is 1. The summed E-state index contributed by atoms with van der Waals surface area (Å²) in [4.78, 5) is 13.8. The van der Waals surface area contributed by atoms with Crippen molar-refractivity contribution in [3.8, 4) is 0 Å². The van der Waals surface area contributed by atoms with Gasteiger partial charge in [-0.2, -0.15) is 0 Å². The second-order valence-electron chi connectivity index (χ2n) is 6.10. The van der Waals surface area contributed by atoms with Crippen LogP contribution in [0.2, 0.25) is 0 Å². The molecule has 0 saturated carbocycles. The number of carbonyl (C=O) groups is 1. The van der Waals surface area contributed by atoms with Gasteiger partial charge in [-0.15, -0.1) is 0 Å². The van der Waals surface area contributed by atoms with Gasteiger partial charge in [0.05, 0.1) is 0 Å². The van der Waals surface area contributed by atoms with Gasteiger partial charge >= 0.3 is 6.09 Å². The summed E-state index contributed by atoms with van der Waals surface area (Å²) in [5.74, 6) is 0. The van der Waals surface area contributed by atoms with Gasteiger partial charge in [-0.1, -0.05) is 24.3 Å². The van der Waals surface area contributed by atoms with E-state index in [0.29, 0.717) is 13.1 Å². The maximum absolute atomic E-state index is 12.0. The molecular weight excluding hydrogens is 238 g/mol. The average molecular weight is 259 g/mol. The second-order valence-corrected chi connectivity index (χ2v) is 6.10. The van der Waals surface area contributed by atoms with Crippen molar-refractivity contribution in [3.63, 3.8) is 0 Å². The van der Waals surface area contributed by atoms with E-state index < -0.39 is 5.60 Å². The molecule has 0 unspecified atom stereocenters. The first-order valence-corrected chi connectivity index (χ1v) is 6.52. The zero-order valence-electron chi connectivity index (χ0n) is 12.1. The number of hydrogen-bond acceptors (Lipinski definition) is 2. The summed E-state index contributed by atoms with van der Waals surface area (Å²) < 4.78 is 5.40. The molecule has 1 aromatic carbocycles. The minimum absolute atomic E-state index is 0.249. The molecule has 0 radical (unpaired) electrons. The van der Waals surface area contributed by atoms with Gasteiger partial charge in [0, 0.05) is 13.1 Å². The van der Waals surface area contributed by atoms with Gasteiger partial charge in [0.2, 0.25) is 0 Å². The average Bonchev–Trinajstić information content (AvgIpc) is 2.68. The third-order valence-corrected chi connectivity index (χ3v) is 3.07. The SMILES string of the molecule is C=C(C)c1ccc2c(c1)CN(C(=O)OC(C)(C)C)C2. The van der Waals surface area contributed by atoms with Crippen LogP contribution in [0.5, 0.6) is 0 Å². The van der Waals surface area contributed by atoms with Crippen molar-refractivity contribution >= 4 is 11.7 Å². The van der Waals surface area contributed by atoms with Gasteiger partial charge in [0.1, 0.15) is 5.60 Å². The van der Waals surface area contributed by atoms with Crippen LogP contribution >= 0.6 is 0 Å². The summed E-state index contributed by atoms with van der Waals surface area (Å²) in [7, 11) is 0. The van der Waals surface area contributed by atoms with E-state index in [1.54, 1.807) is 4.90 Å². The van der Waals surface area contributed by atoms with Crippen LogP contribution in [0.4, 0.5) is 4.79 Å². The van der Waals surface area contributed by atoms with Crippen LogP contribution in [0.3, 0.4) is 0 Å². The lowest BCUT2D eigenvalue weighted by molar-refractivity contribution is 0.0242. The summed E-state index contributed by atoms with van der Waals surface area (Å²) in [6.07, 6.45) is -0.249. The Morgan fingerprint density at radius 1 is 1.26 bits per heavy atom. The number of carbonyl (C=O) groups excluding carboxylic acids is 1. The van der Waals surface area contributed by atoms with E-state index in [0.717, 1.165) is 11.1 Å². The molecule has 0 N–H and O–H groups in total. The van der Waals surface area contributed by atoms with Gasteiger partial charge in [0.15, 0.2) is 0 Å². The standard InChI is InChI=1S/C16H21NO2/c1-11(2)12-6-7-13-9-17(10-14(13)8-12)15(18)19-16(3,4)5/h6-8H,1,9-10H2,2-5H3. The number of ether oxygens (including phenoxy) is 1. The van der Waals surface area contributed by atoms with Crippen LogP contribution < -0.4 is 0 Å². The number of benzene rings is 1. The Bertz CT molecular complexity index is 526. The highest BCUT2D eigenvalue weighted by atomic mass is 16.6. The monoisotopic (exact) mass is 259 g/mol. The van der Waals surface area contributed by atoms with Gasteiger partial charge < -0.3 is 4.74 Å². The normalized spacial score (nSPS) is 14.2. The molecule has 0 saturated heterocycles.